The van der Waals surface area contributed by atoms with Gasteiger partial charge in [0, 0.05) is 5.56 Å². The van der Waals surface area contributed by atoms with E-state index in [9.17, 15) is 9.18 Å². The van der Waals surface area contributed by atoms with Crippen LogP contribution in [0.3, 0.4) is 0 Å². The third-order valence-corrected chi connectivity index (χ3v) is 2.35. The van der Waals surface area contributed by atoms with Gasteiger partial charge < -0.3 is 9.47 Å². The fourth-order valence-corrected chi connectivity index (χ4v) is 1.61. The predicted octanol–water partition coefficient (Wildman–Crippen LogP) is 2.94. The van der Waals surface area contributed by atoms with Crippen LogP contribution < -0.4 is 4.74 Å². The van der Waals surface area contributed by atoms with Gasteiger partial charge in [-0.25, -0.2) is 9.18 Å². The highest BCUT2D eigenvalue weighted by Gasteiger charge is 2.23. The Bertz CT molecular complexity index is 512. The minimum atomic E-state index is -0.555. The third kappa shape index (κ3) is 2.88. The fourth-order valence-electron chi connectivity index (χ4n) is 1.61. The van der Waals surface area contributed by atoms with Crippen molar-refractivity contribution in [1.29, 1.82) is 0 Å². The van der Waals surface area contributed by atoms with E-state index < -0.39 is 11.6 Å². The first kappa shape index (κ1) is 12.6. The molecule has 0 N–H and O–H groups in total. The summed E-state index contributed by atoms with van der Waals surface area (Å²) in [6.45, 7) is 5.53. The van der Waals surface area contributed by atoms with E-state index in [0.717, 1.165) is 0 Å². The van der Waals surface area contributed by atoms with Gasteiger partial charge in [-0.3, -0.25) is 0 Å². The van der Waals surface area contributed by atoms with E-state index >= 15 is 0 Å². The number of rotatable bonds is 1. The Morgan fingerprint density at radius 1 is 1.39 bits per heavy atom. The highest BCUT2D eigenvalue weighted by Crippen LogP contribution is 2.27. The summed E-state index contributed by atoms with van der Waals surface area (Å²) in [5, 5.41) is 0. The van der Waals surface area contributed by atoms with Crippen LogP contribution in [0.2, 0.25) is 0 Å². The molecule has 0 saturated carbocycles. The number of hydrogen-bond donors (Lipinski definition) is 0. The molecule has 1 heterocycles. The molecular formula is C14H15FO3. The maximum atomic E-state index is 13.1. The molecule has 0 amide bonds. The van der Waals surface area contributed by atoms with Gasteiger partial charge in [-0.2, -0.15) is 0 Å². The molecule has 1 aliphatic rings. The molecule has 0 unspecified atom stereocenters. The van der Waals surface area contributed by atoms with Crippen LogP contribution in [0.25, 0.3) is 6.08 Å². The summed E-state index contributed by atoms with van der Waals surface area (Å²) < 4.78 is 23.7. The molecule has 2 rings (SSSR count). The number of fused-ring (bicyclic) bond motifs is 1. The molecule has 0 atom stereocenters. The van der Waals surface area contributed by atoms with E-state index in [1.54, 1.807) is 32.9 Å². The fraction of sp³-hybridized carbons (Fsp3) is 0.357. The van der Waals surface area contributed by atoms with Gasteiger partial charge in [0.15, 0.2) is 0 Å². The molecular weight excluding hydrogens is 235 g/mol. The molecule has 0 aromatic heterocycles. The van der Waals surface area contributed by atoms with Crippen LogP contribution in [0.4, 0.5) is 4.39 Å². The molecule has 0 radical (unpaired) electrons. The van der Waals surface area contributed by atoms with Crippen molar-refractivity contribution in [2.45, 2.75) is 26.4 Å². The van der Waals surface area contributed by atoms with Crippen LogP contribution in [-0.4, -0.2) is 18.2 Å². The third-order valence-electron chi connectivity index (χ3n) is 2.35. The van der Waals surface area contributed by atoms with Gasteiger partial charge in [0.05, 0.1) is 5.57 Å². The van der Waals surface area contributed by atoms with Crippen molar-refractivity contribution in [2.75, 3.05) is 6.61 Å². The zero-order valence-corrected chi connectivity index (χ0v) is 10.6. The lowest BCUT2D eigenvalue weighted by atomic mass is 10.1. The molecule has 0 spiro atoms. The SMILES string of the molecule is CC(C)(C)OC(=O)C1=Cc2cc(F)ccc2OC1. The van der Waals surface area contributed by atoms with E-state index in [-0.39, 0.29) is 12.4 Å². The Morgan fingerprint density at radius 3 is 2.78 bits per heavy atom. The summed E-state index contributed by atoms with van der Waals surface area (Å²) in [5.41, 5.74) is 0.394. The molecule has 0 fully saturated rings. The first-order valence-corrected chi connectivity index (χ1v) is 5.71. The number of benzene rings is 1. The molecule has 1 aliphatic heterocycles. The van der Waals surface area contributed by atoms with Crippen LogP contribution in [0.15, 0.2) is 23.8 Å². The van der Waals surface area contributed by atoms with Gasteiger partial charge >= 0.3 is 5.97 Å². The van der Waals surface area contributed by atoms with Crippen molar-refractivity contribution in [3.8, 4) is 5.75 Å². The lowest BCUT2D eigenvalue weighted by molar-refractivity contribution is -0.150. The molecule has 4 heteroatoms. The van der Waals surface area contributed by atoms with Crippen LogP contribution in [-0.2, 0) is 9.53 Å². The monoisotopic (exact) mass is 250 g/mol. The second kappa shape index (κ2) is 4.44. The van der Waals surface area contributed by atoms with Crippen molar-refractivity contribution in [2.24, 2.45) is 0 Å². The molecule has 0 bridgehead atoms. The second-order valence-electron chi connectivity index (χ2n) is 5.14. The zero-order valence-electron chi connectivity index (χ0n) is 10.6. The summed E-state index contributed by atoms with van der Waals surface area (Å²) in [6, 6.07) is 4.21. The van der Waals surface area contributed by atoms with Crippen LogP contribution in [0.5, 0.6) is 5.75 Å². The number of carbonyl (C=O) groups excluding carboxylic acids is 1. The quantitative estimate of drug-likeness (QED) is 0.719. The Labute approximate surface area is 105 Å². The van der Waals surface area contributed by atoms with Crippen molar-refractivity contribution in [3.63, 3.8) is 0 Å². The maximum absolute atomic E-state index is 13.1. The maximum Gasteiger partial charge on any atom is 0.338 e. The number of ether oxygens (including phenoxy) is 2. The molecule has 0 aliphatic carbocycles. The van der Waals surface area contributed by atoms with Crippen LogP contribution >= 0.6 is 0 Å². The summed E-state index contributed by atoms with van der Waals surface area (Å²) >= 11 is 0. The molecule has 1 aromatic rings. The number of halogens is 1. The predicted molar refractivity (Wildman–Crippen MR) is 65.7 cm³/mol. The minimum Gasteiger partial charge on any atom is -0.488 e. The molecule has 0 saturated heterocycles. The van der Waals surface area contributed by atoms with E-state index in [4.69, 9.17) is 9.47 Å². The van der Waals surface area contributed by atoms with E-state index in [0.29, 0.717) is 16.9 Å². The topological polar surface area (TPSA) is 35.5 Å². The molecule has 3 nitrogen and oxygen atoms in total. The Morgan fingerprint density at radius 2 is 2.11 bits per heavy atom. The molecule has 96 valence electrons. The van der Waals surface area contributed by atoms with E-state index in [2.05, 4.69) is 0 Å². The average Bonchev–Trinajstić information content (AvgIpc) is 2.25. The lowest BCUT2D eigenvalue weighted by Gasteiger charge is -2.22. The first-order valence-electron chi connectivity index (χ1n) is 5.71. The molecule has 18 heavy (non-hydrogen) atoms. The standard InChI is InChI=1S/C14H15FO3/c1-14(2,3)18-13(16)10-6-9-7-11(15)4-5-12(9)17-8-10/h4-7H,8H2,1-3H3. The van der Waals surface area contributed by atoms with E-state index in [1.165, 1.54) is 12.1 Å². The zero-order chi connectivity index (χ0) is 13.3. The summed E-state index contributed by atoms with van der Waals surface area (Å²) in [7, 11) is 0. The number of carbonyl (C=O) groups is 1. The van der Waals surface area contributed by atoms with Crippen molar-refractivity contribution < 1.29 is 18.7 Å². The van der Waals surface area contributed by atoms with Gasteiger partial charge in [0.1, 0.15) is 23.8 Å². The number of hydrogen-bond acceptors (Lipinski definition) is 3. The van der Waals surface area contributed by atoms with Crippen LogP contribution in [0.1, 0.15) is 26.3 Å². The summed E-state index contributed by atoms with van der Waals surface area (Å²) in [4.78, 5) is 11.8. The second-order valence-corrected chi connectivity index (χ2v) is 5.14. The van der Waals surface area contributed by atoms with Crippen LogP contribution in [0, 0.1) is 5.82 Å². The smallest absolute Gasteiger partial charge is 0.338 e. The highest BCUT2D eigenvalue weighted by atomic mass is 19.1. The van der Waals surface area contributed by atoms with Gasteiger partial charge in [-0.15, -0.1) is 0 Å². The molecule has 1 aromatic carbocycles. The van der Waals surface area contributed by atoms with Gasteiger partial charge in [0.2, 0.25) is 0 Å². The highest BCUT2D eigenvalue weighted by molar-refractivity contribution is 5.95. The Balaban J connectivity index is 2.24. The van der Waals surface area contributed by atoms with Gasteiger partial charge in [0.25, 0.3) is 0 Å². The Hall–Kier alpha value is -1.84. The average molecular weight is 250 g/mol. The van der Waals surface area contributed by atoms with Gasteiger partial charge in [-0.1, -0.05) is 0 Å². The summed E-state index contributed by atoms with van der Waals surface area (Å²) in [5.74, 6) is -0.222. The summed E-state index contributed by atoms with van der Waals surface area (Å²) in [6.07, 6.45) is 1.61. The van der Waals surface area contributed by atoms with Crippen molar-refractivity contribution in [3.05, 3.63) is 35.2 Å². The van der Waals surface area contributed by atoms with E-state index in [1.807, 2.05) is 0 Å². The van der Waals surface area contributed by atoms with Crippen molar-refractivity contribution >= 4 is 12.0 Å². The Kier molecular flexibility index (Phi) is 3.11. The largest absolute Gasteiger partial charge is 0.488 e. The number of esters is 1. The first-order chi connectivity index (χ1) is 8.35. The normalized spacial score (nSPS) is 14.3. The minimum absolute atomic E-state index is 0.146. The van der Waals surface area contributed by atoms with Crippen molar-refractivity contribution in [1.82, 2.24) is 0 Å². The lowest BCUT2D eigenvalue weighted by Crippen LogP contribution is -2.27. The van der Waals surface area contributed by atoms with Gasteiger partial charge in [-0.05, 0) is 45.0 Å².